The lowest BCUT2D eigenvalue weighted by atomic mass is 9.81. The van der Waals surface area contributed by atoms with Gasteiger partial charge in [0.05, 0.1) is 13.7 Å². The molecular formula is C22H24N2O5. The zero-order valence-electron chi connectivity index (χ0n) is 16.6. The highest BCUT2D eigenvalue weighted by atomic mass is 16.5. The van der Waals surface area contributed by atoms with Crippen LogP contribution in [-0.4, -0.2) is 34.6 Å². The molecule has 1 amide bonds. The summed E-state index contributed by atoms with van der Waals surface area (Å²) in [6.07, 6.45) is 5.70. The second kappa shape index (κ2) is 8.05. The van der Waals surface area contributed by atoms with Crippen LogP contribution in [-0.2, 0) is 26.5 Å². The minimum Gasteiger partial charge on any atom is -0.481 e. The number of amides is 1. The first kappa shape index (κ1) is 20.5. The summed E-state index contributed by atoms with van der Waals surface area (Å²) in [5.41, 5.74) is -0.469. The van der Waals surface area contributed by atoms with Crippen LogP contribution in [0.5, 0.6) is 5.88 Å². The summed E-state index contributed by atoms with van der Waals surface area (Å²) < 4.78 is 11.3. The fourth-order valence-electron chi connectivity index (χ4n) is 3.15. The molecule has 0 radical (unpaired) electrons. The maximum Gasteiger partial charge on any atom is 0.328 e. The van der Waals surface area contributed by atoms with Gasteiger partial charge < -0.3 is 19.9 Å². The van der Waals surface area contributed by atoms with Gasteiger partial charge in [-0.25, -0.2) is 9.78 Å². The number of benzene rings is 1. The number of ether oxygens (including phenoxy) is 2. The second-order valence-corrected chi connectivity index (χ2v) is 7.40. The van der Waals surface area contributed by atoms with Crippen LogP contribution in [0.15, 0.2) is 48.7 Å². The van der Waals surface area contributed by atoms with Gasteiger partial charge in [-0.3, -0.25) is 4.79 Å². The molecule has 0 saturated heterocycles. The van der Waals surface area contributed by atoms with Crippen LogP contribution in [0.2, 0.25) is 0 Å². The highest BCUT2D eigenvalue weighted by Crippen LogP contribution is 2.38. The zero-order valence-corrected chi connectivity index (χ0v) is 16.6. The summed E-state index contributed by atoms with van der Waals surface area (Å²) in [5.74, 6) is -1.14. The zero-order chi connectivity index (χ0) is 21.1. The number of hydrogen-bond acceptors (Lipinski definition) is 5. The van der Waals surface area contributed by atoms with Gasteiger partial charge in [0.25, 0.3) is 5.91 Å². The predicted octanol–water partition coefficient (Wildman–Crippen LogP) is 2.90. The van der Waals surface area contributed by atoms with E-state index in [0.717, 1.165) is 11.1 Å². The van der Waals surface area contributed by atoms with Crippen LogP contribution >= 0.6 is 0 Å². The van der Waals surface area contributed by atoms with Gasteiger partial charge in [-0.15, -0.1) is 0 Å². The van der Waals surface area contributed by atoms with Crippen LogP contribution in [0.1, 0.15) is 37.0 Å². The summed E-state index contributed by atoms with van der Waals surface area (Å²) in [6, 6.07) is 11.0. The van der Waals surface area contributed by atoms with E-state index in [1.165, 1.54) is 21.0 Å². The number of carboxylic acids is 1. The molecule has 7 heteroatoms. The largest absolute Gasteiger partial charge is 0.481 e. The van der Waals surface area contributed by atoms with E-state index < -0.39 is 23.0 Å². The lowest BCUT2D eigenvalue weighted by Gasteiger charge is -2.37. The molecule has 3 rings (SSSR count). The Morgan fingerprint density at radius 2 is 2.00 bits per heavy atom. The van der Waals surface area contributed by atoms with E-state index in [1.54, 1.807) is 12.3 Å². The van der Waals surface area contributed by atoms with E-state index >= 15 is 0 Å². The average Bonchev–Trinajstić information content (AvgIpc) is 2.72. The number of fused-ring (bicyclic) bond motifs is 1. The summed E-state index contributed by atoms with van der Waals surface area (Å²) >= 11 is 0. The molecule has 1 atom stereocenters. The third-order valence-corrected chi connectivity index (χ3v) is 4.92. The molecule has 1 aromatic heterocycles. The number of pyridine rings is 1. The van der Waals surface area contributed by atoms with Crippen molar-refractivity contribution in [2.75, 3.05) is 7.11 Å². The second-order valence-electron chi connectivity index (χ2n) is 7.40. The molecule has 0 spiro atoms. The van der Waals surface area contributed by atoms with Crippen molar-refractivity contribution in [3.05, 3.63) is 65.4 Å². The number of aromatic nitrogens is 1. The molecule has 1 aliphatic carbocycles. The number of hydrogen-bond donors (Lipinski definition) is 2. The van der Waals surface area contributed by atoms with Gasteiger partial charge in [-0.2, -0.15) is 0 Å². The molecule has 7 nitrogen and oxygen atoms in total. The third kappa shape index (κ3) is 4.14. The van der Waals surface area contributed by atoms with Crippen LogP contribution in [0.3, 0.4) is 0 Å². The molecule has 2 N–H and O–H groups in total. The summed E-state index contributed by atoms with van der Waals surface area (Å²) in [4.78, 5) is 29.1. The van der Waals surface area contributed by atoms with Crippen molar-refractivity contribution in [2.24, 2.45) is 0 Å². The van der Waals surface area contributed by atoms with Gasteiger partial charge >= 0.3 is 5.97 Å². The maximum atomic E-state index is 13.4. The Morgan fingerprint density at radius 3 is 2.66 bits per heavy atom. The Morgan fingerprint density at radius 1 is 1.24 bits per heavy atom. The lowest BCUT2D eigenvalue weighted by molar-refractivity contribution is -0.158. The van der Waals surface area contributed by atoms with Gasteiger partial charge in [-0.05, 0) is 31.0 Å². The third-order valence-electron chi connectivity index (χ3n) is 4.92. The molecule has 0 fully saturated rings. The molecule has 1 aliphatic rings. The van der Waals surface area contributed by atoms with Gasteiger partial charge in [0, 0.05) is 24.2 Å². The van der Waals surface area contributed by atoms with Crippen LogP contribution in [0.25, 0.3) is 6.08 Å². The van der Waals surface area contributed by atoms with Crippen molar-refractivity contribution in [3.8, 4) is 5.88 Å². The van der Waals surface area contributed by atoms with Crippen LogP contribution in [0, 0.1) is 0 Å². The number of carbonyl (C=O) groups is 2. The Bertz CT molecular complexity index is 936. The van der Waals surface area contributed by atoms with E-state index in [-0.39, 0.29) is 13.0 Å². The Labute approximate surface area is 169 Å². The van der Waals surface area contributed by atoms with Crippen molar-refractivity contribution >= 4 is 18.0 Å². The predicted molar refractivity (Wildman–Crippen MR) is 107 cm³/mol. The molecule has 2 aromatic rings. The molecule has 29 heavy (non-hydrogen) atoms. The SMILES string of the molecule is COc1ccc(COC2(C(=O)NC(C)(C)C(=O)O)CC=Cc3ccccc32)cn1. The molecule has 1 heterocycles. The summed E-state index contributed by atoms with van der Waals surface area (Å²) in [6.45, 7) is 3.01. The topological polar surface area (TPSA) is 97.8 Å². The smallest absolute Gasteiger partial charge is 0.328 e. The minimum atomic E-state index is -1.44. The number of carboxylic acid groups (broad SMARTS) is 1. The Balaban J connectivity index is 1.95. The summed E-state index contributed by atoms with van der Waals surface area (Å²) in [5, 5.41) is 12.1. The maximum absolute atomic E-state index is 13.4. The Hall–Kier alpha value is -3.19. The van der Waals surface area contributed by atoms with Crippen molar-refractivity contribution in [2.45, 2.75) is 38.0 Å². The van der Waals surface area contributed by atoms with Gasteiger partial charge in [0.15, 0.2) is 5.60 Å². The highest BCUT2D eigenvalue weighted by Gasteiger charge is 2.46. The first-order valence-corrected chi connectivity index (χ1v) is 9.23. The number of carbonyl (C=O) groups excluding carboxylic acids is 1. The average molecular weight is 396 g/mol. The standard InChI is InChI=1S/C22H24N2O5/c1-21(2,20(26)27)24-19(25)22(12-6-8-16-7-4-5-9-17(16)22)29-14-15-10-11-18(28-3)23-13-15/h4-11,13H,12,14H2,1-3H3,(H,24,25)(H,26,27). The van der Waals surface area contributed by atoms with E-state index in [9.17, 15) is 14.7 Å². The molecule has 0 aliphatic heterocycles. The van der Waals surface area contributed by atoms with Crippen molar-refractivity contribution in [3.63, 3.8) is 0 Å². The van der Waals surface area contributed by atoms with E-state index in [0.29, 0.717) is 11.4 Å². The minimum absolute atomic E-state index is 0.125. The first-order chi connectivity index (χ1) is 13.8. The molecule has 1 unspecified atom stereocenters. The normalized spacial score (nSPS) is 18.0. The fraction of sp³-hybridized carbons (Fsp3) is 0.318. The number of aliphatic carboxylic acids is 1. The summed E-state index contributed by atoms with van der Waals surface area (Å²) in [7, 11) is 1.54. The van der Waals surface area contributed by atoms with Gasteiger partial charge in [0.2, 0.25) is 5.88 Å². The lowest BCUT2D eigenvalue weighted by Crippen LogP contribution is -2.57. The van der Waals surface area contributed by atoms with Gasteiger partial charge in [-0.1, -0.05) is 36.4 Å². The number of nitrogens with zero attached hydrogens (tertiary/aromatic N) is 1. The number of methoxy groups -OCH3 is 1. The quantitative estimate of drug-likeness (QED) is 0.747. The number of nitrogens with one attached hydrogen (secondary N) is 1. The van der Waals surface area contributed by atoms with Crippen LogP contribution in [0.4, 0.5) is 0 Å². The molecule has 1 aromatic carbocycles. The van der Waals surface area contributed by atoms with E-state index in [1.807, 2.05) is 42.5 Å². The highest BCUT2D eigenvalue weighted by molar-refractivity contribution is 5.93. The molecule has 152 valence electrons. The van der Waals surface area contributed by atoms with Crippen LogP contribution < -0.4 is 10.1 Å². The van der Waals surface area contributed by atoms with E-state index in [4.69, 9.17) is 9.47 Å². The number of rotatable bonds is 7. The monoisotopic (exact) mass is 396 g/mol. The Kier molecular flexibility index (Phi) is 5.70. The van der Waals surface area contributed by atoms with Gasteiger partial charge in [0.1, 0.15) is 5.54 Å². The van der Waals surface area contributed by atoms with Crippen molar-refractivity contribution in [1.82, 2.24) is 10.3 Å². The first-order valence-electron chi connectivity index (χ1n) is 9.23. The molecule has 0 bridgehead atoms. The molecular weight excluding hydrogens is 372 g/mol. The fourth-order valence-corrected chi connectivity index (χ4v) is 3.15. The van der Waals surface area contributed by atoms with Crippen molar-refractivity contribution < 1.29 is 24.2 Å². The molecule has 0 saturated carbocycles. The van der Waals surface area contributed by atoms with E-state index in [2.05, 4.69) is 10.3 Å². The van der Waals surface area contributed by atoms with Crippen molar-refractivity contribution in [1.29, 1.82) is 0 Å².